The van der Waals surface area contributed by atoms with Crippen molar-refractivity contribution in [2.24, 2.45) is 0 Å². The molecule has 1 aromatic rings. The Labute approximate surface area is 149 Å². The normalized spacial score (nSPS) is 22.8. The van der Waals surface area contributed by atoms with Gasteiger partial charge in [0.15, 0.2) is 0 Å². The number of rotatable bonds is 5. The molecule has 138 valence electrons. The molecule has 0 aliphatic carbocycles. The number of sulfonamides is 1. The van der Waals surface area contributed by atoms with Gasteiger partial charge in [-0.2, -0.15) is 4.31 Å². The third-order valence-electron chi connectivity index (χ3n) is 4.78. The zero-order chi connectivity index (χ0) is 17.9. The highest BCUT2D eigenvalue weighted by Gasteiger charge is 2.35. The lowest BCUT2D eigenvalue weighted by atomic mass is 10.2. The van der Waals surface area contributed by atoms with E-state index in [0.717, 1.165) is 32.6 Å². The number of benzene rings is 1. The van der Waals surface area contributed by atoms with Gasteiger partial charge in [0.25, 0.3) is 0 Å². The summed E-state index contributed by atoms with van der Waals surface area (Å²) in [6.45, 7) is 6.81. The number of nitrogens with zero attached hydrogens (tertiary/aromatic N) is 2. The van der Waals surface area contributed by atoms with E-state index in [4.69, 9.17) is 4.74 Å². The Bertz CT molecular complexity index is 716. The number of hydrogen-bond donors (Lipinski definition) is 1. The van der Waals surface area contributed by atoms with Crippen LogP contribution in [-0.2, 0) is 14.8 Å². The molecule has 25 heavy (non-hydrogen) atoms. The quantitative estimate of drug-likeness (QED) is 0.765. The average molecular weight is 367 g/mol. The van der Waals surface area contributed by atoms with Gasteiger partial charge in [-0.1, -0.05) is 6.07 Å². The first kappa shape index (κ1) is 18.3. The van der Waals surface area contributed by atoms with Gasteiger partial charge < -0.3 is 10.1 Å². The van der Waals surface area contributed by atoms with Gasteiger partial charge in [-0.25, -0.2) is 13.2 Å². The summed E-state index contributed by atoms with van der Waals surface area (Å²) in [5.74, 6) is -0.500. The van der Waals surface area contributed by atoms with Crippen LogP contribution in [0.3, 0.4) is 0 Å². The Balaban J connectivity index is 1.73. The molecule has 0 radical (unpaired) electrons. The predicted octanol–water partition coefficient (Wildman–Crippen LogP) is 0.532. The molecule has 0 aromatic heterocycles. The zero-order valence-electron chi connectivity index (χ0n) is 14.5. The lowest BCUT2D eigenvalue weighted by Crippen LogP contribution is -2.49. The molecule has 0 amide bonds. The molecule has 2 aliphatic rings. The van der Waals surface area contributed by atoms with Gasteiger partial charge >= 0.3 is 5.97 Å². The van der Waals surface area contributed by atoms with Gasteiger partial charge in [0.05, 0.1) is 17.1 Å². The number of hydrogen-bond acceptors (Lipinski definition) is 6. The summed E-state index contributed by atoms with van der Waals surface area (Å²) in [4.78, 5) is 14.4. The zero-order valence-corrected chi connectivity index (χ0v) is 15.3. The van der Waals surface area contributed by atoms with Crippen molar-refractivity contribution in [3.63, 3.8) is 0 Å². The van der Waals surface area contributed by atoms with Crippen LogP contribution in [-0.4, -0.2) is 75.5 Å². The first-order valence-corrected chi connectivity index (χ1v) is 10.2. The third-order valence-corrected chi connectivity index (χ3v) is 6.64. The molecular weight excluding hydrogens is 342 g/mol. The molecule has 1 unspecified atom stereocenters. The highest BCUT2D eigenvalue weighted by Crippen LogP contribution is 2.24. The highest BCUT2D eigenvalue weighted by atomic mass is 32.2. The van der Waals surface area contributed by atoms with Crippen LogP contribution in [0.25, 0.3) is 0 Å². The second kappa shape index (κ2) is 7.82. The first-order chi connectivity index (χ1) is 12.0. The van der Waals surface area contributed by atoms with Crippen molar-refractivity contribution < 1.29 is 17.9 Å². The third kappa shape index (κ3) is 4.03. The molecule has 3 rings (SSSR count). The van der Waals surface area contributed by atoms with Crippen LogP contribution in [0.4, 0.5) is 0 Å². The number of ether oxygens (including phenoxy) is 1. The van der Waals surface area contributed by atoms with Gasteiger partial charge in [-0.3, -0.25) is 4.90 Å². The summed E-state index contributed by atoms with van der Waals surface area (Å²) >= 11 is 0. The van der Waals surface area contributed by atoms with Gasteiger partial charge in [0.1, 0.15) is 0 Å². The van der Waals surface area contributed by atoms with Crippen LogP contribution >= 0.6 is 0 Å². The molecular formula is C17H25N3O4S. The number of carbonyl (C=O) groups excluding carboxylic acids is 1. The van der Waals surface area contributed by atoms with Gasteiger partial charge in [-0.15, -0.1) is 0 Å². The molecule has 2 saturated heterocycles. The molecule has 1 N–H and O–H groups in total. The van der Waals surface area contributed by atoms with Crippen LogP contribution in [0.15, 0.2) is 29.2 Å². The Hall–Kier alpha value is -1.48. The fraction of sp³-hybridized carbons (Fsp3) is 0.588. The minimum absolute atomic E-state index is 0.152. The maximum absolute atomic E-state index is 12.9. The summed E-state index contributed by atoms with van der Waals surface area (Å²) in [7, 11) is -3.60. The molecule has 0 bridgehead atoms. The fourth-order valence-electron chi connectivity index (χ4n) is 3.42. The molecule has 2 fully saturated rings. The number of piperazine rings is 1. The van der Waals surface area contributed by atoms with E-state index in [1.165, 1.54) is 16.4 Å². The molecule has 1 atom stereocenters. The molecule has 2 heterocycles. The van der Waals surface area contributed by atoms with E-state index in [2.05, 4.69) is 10.2 Å². The molecule has 2 aliphatic heterocycles. The minimum Gasteiger partial charge on any atom is -0.462 e. The number of nitrogens with one attached hydrogen (secondary N) is 1. The second-order valence-corrected chi connectivity index (χ2v) is 8.28. The van der Waals surface area contributed by atoms with Crippen molar-refractivity contribution in [3.8, 4) is 0 Å². The largest absolute Gasteiger partial charge is 0.462 e. The Morgan fingerprint density at radius 2 is 2.04 bits per heavy atom. The molecule has 1 aromatic carbocycles. The van der Waals surface area contributed by atoms with E-state index in [-0.39, 0.29) is 23.1 Å². The molecule has 7 nitrogen and oxygen atoms in total. The smallest absolute Gasteiger partial charge is 0.338 e. The summed E-state index contributed by atoms with van der Waals surface area (Å²) in [6.07, 6.45) is 0.844. The van der Waals surface area contributed by atoms with Crippen LogP contribution in [0.1, 0.15) is 23.7 Å². The van der Waals surface area contributed by atoms with Gasteiger partial charge in [-0.05, 0) is 31.5 Å². The summed E-state index contributed by atoms with van der Waals surface area (Å²) in [6, 6.07) is 6.37. The summed E-state index contributed by atoms with van der Waals surface area (Å²) in [5, 5.41) is 3.32. The van der Waals surface area contributed by atoms with E-state index < -0.39 is 16.0 Å². The van der Waals surface area contributed by atoms with Crippen molar-refractivity contribution in [2.45, 2.75) is 24.3 Å². The Morgan fingerprint density at radius 1 is 1.28 bits per heavy atom. The van der Waals surface area contributed by atoms with Gasteiger partial charge in [0.2, 0.25) is 10.0 Å². The monoisotopic (exact) mass is 367 g/mol. The topological polar surface area (TPSA) is 79.0 Å². The lowest BCUT2D eigenvalue weighted by Gasteiger charge is -2.32. The standard InChI is InChI=1S/C17H25N3O4S/c1-2-24-17(21)14-4-3-5-16(12-14)25(22,23)20-9-6-15(13-20)19-10-7-18-8-11-19/h3-5,12,15,18H,2,6-11,13H2,1H3. The van der Waals surface area contributed by atoms with Crippen molar-refractivity contribution >= 4 is 16.0 Å². The lowest BCUT2D eigenvalue weighted by molar-refractivity contribution is 0.0526. The first-order valence-electron chi connectivity index (χ1n) is 8.74. The maximum atomic E-state index is 12.9. The van der Waals surface area contributed by atoms with Crippen molar-refractivity contribution in [2.75, 3.05) is 45.9 Å². The SMILES string of the molecule is CCOC(=O)c1cccc(S(=O)(=O)N2CCC(N3CCNCC3)C2)c1. The maximum Gasteiger partial charge on any atom is 0.338 e. The summed E-state index contributed by atoms with van der Waals surface area (Å²) < 4.78 is 32.4. The highest BCUT2D eigenvalue weighted by molar-refractivity contribution is 7.89. The van der Waals surface area contributed by atoms with E-state index in [9.17, 15) is 13.2 Å². The Morgan fingerprint density at radius 3 is 2.76 bits per heavy atom. The van der Waals surface area contributed by atoms with E-state index in [1.807, 2.05) is 0 Å². The molecule has 8 heteroatoms. The summed E-state index contributed by atoms with van der Waals surface area (Å²) in [5.41, 5.74) is 0.265. The number of esters is 1. The van der Waals surface area contributed by atoms with Crippen molar-refractivity contribution in [1.29, 1.82) is 0 Å². The van der Waals surface area contributed by atoms with Gasteiger partial charge in [0, 0.05) is 45.3 Å². The van der Waals surface area contributed by atoms with E-state index in [1.54, 1.807) is 19.1 Å². The fourth-order valence-corrected chi connectivity index (χ4v) is 4.96. The average Bonchev–Trinajstić information content (AvgIpc) is 3.14. The van der Waals surface area contributed by atoms with E-state index in [0.29, 0.717) is 13.1 Å². The van der Waals surface area contributed by atoms with Crippen LogP contribution in [0, 0.1) is 0 Å². The Kier molecular flexibility index (Phi) is 5.73. The molecule has 0 saturated carbocycles. The molecule has 0 spiro atoms. The van der Waals surface area contributed by atoms with Crippen molar-refractivity contribution in [1.82, 2.24) is 14.5 Å². The van der Waals surface area contributed by atoms with Crippen LogP contribution in [0.5, 0.6) is 0 Å². The van der Waals surface area contributed by atoms with E-state index >= 15 is 0 Å². The minimum atomic E-state index is -3.60. The number of carbonyl (C=O) groups is 1. The van der Waals surface area contributed by atoms with Crippen LogP contribution < -0.4 is 5.32 Å². The van der Waals surface area contributed by atoms with Crippen LogP contribution in [0.2, 0.25) is 0 Å². The second-order valence-electron chi connectivity index (χ2n) is 6.34. The van der Waals surface area contributed by atoms with Crippen molar-refractivity contribution in [3.05, 3.63) is 29.8 Å². The predicted molar refractivity (Wildman–Crippen MR) is 94.0 cm³/mol.